The van der Waals surface area contributed by atoms with Crippen LogP contribution in [0.2, 0.25) is 0 Å². The smallest absolute Gasteiger partial charge is 0.395 e. The number of rotatable bonds is 6. The van der Waals surface area contributed by atoms with Crippen molar-refractivity contribution in [2.45, 2.75) is 43.3 Å². The van der Waals surface area contributed by atoms with E-state index < -0.39 is 42.9 Å². The van der Waals surface area contributed by atoms with E-state index in [1.807, 2.05) is 30.3 Å². The van der Waals surface area contributed by atoms with E-state index in [-0.39, 0.29) is 16.7 Å². The fourth-order valence-corrected chi connectivity index (χ4v) is 5.13. The van der Waals surface area contributed by atoms with Crippen molar-refractivity contribution in [2.75, 3.05) is 19.7 Å². The Morgan fingerprint density at radius 3 is 2.69 bits per heavy atom. The lowest BCUT2D eigenvalue weighted by atomic mass is 10.2. The molecule has 1 aromatic rings. The molecule has 0 radical (unpaired) electrons. The zero-order valence-electron chi connectivity index (χ0n) is 17.0. The molecule has 3 aliphatic rings. The van der Waals surface area contributed by atoms with Crippen LogP contribution >= 0.6 is 11.8 Å². The fraction of sp³-hybridized carbons (Fsp3) is 0.500. The summed E-state index contributed by atoms with van der Waals surface area (Å²) in [5.41, 5.74) is 0.101. The van der Waals surface area contributed by atoms with Crippen LogP contribution in [0.5, 0.6) is 0 Å². The molecule has 0 aromatic heterocycles. The van der Waals surface area contributed by atoms with Crippen LogP contribution < -0.4 is 5.32 Å². The van der Waals surface area contributed by atoms with Crippen molar-refractivity contribution in [1.29, 1.82) is 0 Å². The normalized spacial score (nSPS) is 26.1. The molecule has 1 saturated heterocycles. The number of hydrogen-bond donors (Lipinski definition) is 2. The van der Waals surface area contributed by atoms with E-state index >= 15 is 0 Å². The molecule has 0 bridgehead atoms. The zero-order valence-corrected chi connectivity index (χ0v) is 17.8. The van der Waals surface area contributed by atoms with Gasteiger partial charge in [0.05, 0.1) is 12.6 Å². The van der Waals surface area contributed by atoms with Crippen molar-refractivity contribution >= 4 is 34.3 Å². The summed E-state index contributed by atoms with van der Waals surface area (Å²) < 4.78 is 40.3. The molecular weight excluding hydrogens is 447 g/mol. The van der Waals surface area contributed by atoms with Gasteiger partial charge in [0.1, 0.15) is 5.04 Å². The van der Waals surface area contributed by atoms with Crippen LogP contribution in [0.4, 0.5) is 13.2 Å². The van der Waals surface area contributed by atoms with E-state index in [1.54, 1.807) is 4.90 Å². The minimum absolute atomic E-state index is 0.0770. The first-order chi connectivity index (χ1) is 15.3. The maximum atomic E-state index is 13.4. The summed E-state index contributed by atoms with van der Waals surface area (Å²) >= 11 is 0.953. The number of carbonyl (C=O) groups is 2. The number of carbonyl (C=O) groups excluding carboxylic acids is 2. The Bertz CT molecular complexity index is 940. The van der Waals surface area contributed by atoms with Gasteiger partial charge in [-0.2, -0.15) is 13.2 Å². The molecule has 1 aromatic carbocycles. The molecule has 2 N–H and O–H groups in total. The molecule has 3 heterocycles. The largest absolute Gasteiger partial charge is 0.429 e. The summed E-state index contributed by atoms with van der Waals surface area (Å²) in [7, 11) is 0. The number of likely N-dealkylation sites (tertiary alicyclic amines) is 1. The van der Waals surface area contributed by atoms with Gasteiger partial charge in [-0.15, -0.1) is 0 Å². The number of halogens is 3. The number of fused-ring (bicyclic) bond motifs is 1. The van der Waals surface area contributed by atoms with Crippen LogP contribution in [0.1, 0.15) is 18.4 Å². The van der Waals surface area contributed by atoms with Gasteiger partial charge >= 0.3 is 6.18 Å². The standard InChI is InChI=1S/C20H22F3N5O3S/c21-20(22,23)18-26-16-14(17(31)28(18)9-10-29)25-19(32-16)27-8-4-7-13(27)15(30)24-11-12-5-2-1-3-6-12/h1-3,5-6,13,18-19,29H,4,7-11H2,(H,24,30)/t13-,18?,19?/m1/s1. The number of amides is 2. The number of thioether (sulfide) groups is 1. The number of benzene rings is 1. The molecule has 32 heavy (non-hydrogen) atoms. The highest BCUT2D eigenvalue weighted by Gasteiger charge is 2.52. The Balaban J connectivity index is 1.49. The van der Waals surface area contributed by atoms with Crippen LogP contribution in [0, 0.1) is 0 Å². The Morgan fingerprint density at radius 2 is 2.00 bits per heavy atom. The van der Waals surface area contributed by atoms with E-state index in [0.29, 0.717) is 24.4 Å². The zero-order chi connectivity index (χ0) is 22.9. The quantitative estimate of drug-likeness (QED) is 0.656. The van der Waals surface area contributed by atoms with Crippen molar-refractivity contribution in [1.82, 2.24) is 15.1 Å². The van der Waals surface area contributed by atoms with E-state index in [2.05, 4.69) is 15.3 Å². The van der Waals surface area contributed by atoms with Crippen molar-refractivity contribution in [2.24, 2.45) is 9.98 Å². The first-order valence-corrected chi connectivity index (χ1v) is 11.1. The van der Waals surface area contributed by atoms with Crippen molar-refractivity contribution in [3.8, 4) is 0 Å². The van der Waals surface area contributed by atoms with Gasteiger partial charge in [0, 0.05) is 19.6 Å². The van der Waals surface area contributed by atoms with Gasteiger partial charge in [-0.25, -0.2) is 9.98 Å². The number of nitrogens with zero attached hydrogens (tertiary/aromatic N) is 4. The van der Waals surface area contributed by atoms with Crippen molar-refractivity contribution < 1.29 is 27.9 Å². The number of aliphatic hydroxyl groups is 1. The van der Waals surface area contributed by atoms with Crippen LogP contribution in [0.15, 0.2) is 40.3 Å². The summed E-state index contributed by atoms with van der Waals surface area (Å²) in [5, 5.41) is 11.9. The Kier molecular flexibility index (Phi) is 6.54. The second-order valence-electron chi connectivity index (χ2n) is 7.59. The molecule has 0 aliphatic carbocycles. The van der Waals surface area contributed by atoms with Crippen LogP contribution in [-0.4, -0.2) is 81.1 Å². The summed E-state index contributed by atoms with van der Waals surface area (Å²) in [4.78, 5) is 35.8. The van der Waals surface area contributed by atoms with Crippen molar-refractivity contribution in [3.63, 3.8) is 0 Å². The SMILES string of the molecule is O=C(NCc1ccccc1)[C@H]1CCCN1C1N=C2C(=O)N(CCO)C(C(F)(F)F)N=C2S1. The summed E-state index contributed by atoms with van der Waals surface area (Å²) in [6, 6.07) is 8.94. The minimum Gasteiger partial charge on any atom is -0.395 e. The Labute approximate surface area is 186 Å². The molecule has 8 nitrogen and oxygen atoms in total. The predicted molar refractivity (Wildman–Crippen MR) is 113 cm³/mol. The third-order valence-corrected chi connectivity index (χ3v) is 6.59. The second-order valence-corrected chi connectivity index (χ2v) is 8.64. The molecule has 0 spiro atoms. The topological polar surface area (TPSA) is 97.6 Å². The monoisotopic (exact) mass is 469 g/mol. The first kappa shape index (κ1) is 22.7. The van der Waals surface area contributed by atoms with Crippen LogP contribution in [0.25, 0.3) is 0 Å². The van der Waals surface area contributed by atoms with Gasteiger partial charge in [-0.05, 0) is 18.4 Å². The molecule has 4 rings (SSSR count). The third-order valence-electron chi connectivity index (χ3n) is 5.48. The lowest BCUT2D eigenvalue weighted by Gasteiger charge is -2.33. The number of alkyl halides is 3. The van der Waals surface area contributed by atoms with Gasteiger partial charge in [0.15, 0.2) is 11.2 Å². The average molecular weight is 469 g/mol. The van der Waals surface area contributed by atoms with Crippen molar-refractivity contribution in [3.05, 3.63) is 35.9 Å². The second kappa shape index (κ2) is 9.20. The van der Waals surface area contributed by atoms with Gasteiger partial charge in [0.2, 0.25) is 12.1 Å². The summed E-state index contributed by atoms with van der Waals surface area (Å²) in [6.07, 6.45) is -5.81. The number of aliphatic imine (C=N–C) groups is 2. The van der Waals surface area contributed by atoms with E-state index in [0.717, 1.165) is 23.7 Å². The Morgan fingerprint density at radius 1 is 1.25 bits per heavy atom. The lowest BCUT2D eigenvalue weighted by Crippen LogP contribution is -2.55. The first-order valence-electron chi connectivity index (χ1n) is 10.2. The average Bonchev–Trinajstić information content (AvgIpc) is 3.41. The lowest BCUT2D eigenvalue weighted by molar-refractivity contribution is -0.186. The molecule has 2 amide bonds. The maximum Gasteiger partial charge on any atom is 0.429 e. The molecule has 2 unspecified atom stereocenters. The highest BCUT2D eigenvalue weighted by atomic mass is 32.2. The number of nitrogens with one attached hydrogen (secondary N) is 1. The van der Waals surface area contributed by atoms with Crippen LogP contribution in [-0.2, 0) is 16.1 Å². The van der Waals surface area contributed by atoms with E-state index in [9.17, 15) is 22.8 Å². The number of aliphatic hydroxyl groups excluding tert-OH is 1. The Hall–Kier alpha value is -2.44. The molecular formula is C20H22F3N5O3S. The molecule has 1 fully saturated rings. The van der Waals surface area contributed by atoms with Gasteiger partial charge in [-0.1, -0.05) is 42.1 Å². The third kappa shape index (κ3) is 4.52. The highest BCUT2D eigenvalue weighted by Crippen LogP contribution is 2.37. The molecule has 172 valence electrons. The van der Waals surface area contributed by atoms with Crippen LogP contribution in [0.3, 0.4) is 0 Å². The maximum absolute atomic E-state index is 13.4. The van der Waals surface area contributed by atoms with Gasteiger partial charge in [0.25, 0.3) is 5.91 Å². The number of β-amino-alcohol motifs (C(OH)–C–C–N with tert-alkyl or cyclic N) is 1. The summed E-state index contributed by atoms with van der Waals surface area (Å²) in [5.74, 6) is -1.10. The fourth-order valence-electron chi connectivity index (χ4n) is 3.97. The van der Waals surface area contributed by atoms with E-state index in [1.165, 1.54) is 0 Å². The van der Waals surface area contributed by atoms with Gasteiger partial charge in [-0.3, -0.25) is 14.5 Å². The molecule has 3 atom stereocenters. The highest BCUT2D eigenvalue weighted by molar-refractivity contribution is 8.17. The minimum atomic E-state index is -4.77. The molecule has 0 saturated carbocycles. The number of hydrogen-bond acceptors (Lipinski definition) is 7. The summed E-state index contributed by atoms with van der Waals surface area (Å²) in [6.45, 7) is -0.224. The van der Waals surface area contributed by atoms with E-state index in [4.69, 9.17) is 5.11 Å². The predicted octanol–water partition coefficient (Wildman–Crippen LogP) is 1.36. The van der Waals surface area contributed by atoms with Gasteiger partial charge < -0.3 is 15.3 Å². The molecule has 12 heteroatoms. The molecule has 3 aliphatic heterocycles.